The first kappa shape index (κ1) is 13.7. The van der Waals surface area contributed by atoms with E-state index in [1.54, 1.807) is 25.4 Å². The summed E-state index contributed by atoms with van der Waals surface area (Å²) in [6.45, 7) is 0.436. The van der Waals surface area contributed by atoms with Crippen LogP contribution in [0.5, 0.6) is 0 Å². The molecule has 1 heterocycles. The van der Waals surface area contributed by atoms with Crippen LogP contribution in [0.3, 0.4) is 0 Å². The van der Waals surface area contributed by atoms with Gasteiger partial charge >= 0.3 is 0 Å². The highest BCUT2D eigenvalue weighted by molar-refractivity contribution is 9.10. The minimum absolute atomic E-state index is 0.214. The molecule has 19 heavy (non-hydrogen) atoms. The Hall–Kier alpha value is -1.69. The highest BCUT2D eigenvalue weighted by Gasteiger charge is 2.11. The van der Waals surface area contributed by atoms with Gasteiger partial charge in [-0.15, -0.1) is 0 Å². The summed E-state index contributed by atoms with van der Waals surface area (Å²) in [5.74, 6) is 1.02. The minimum atomic E-state index is -0.214. The van der Waals surface area contributed by atoms with Gasteiger partial charge in [0.2, 0.25) is 5.95 Å². The van der Waals surface area contributed by atoms with Gasteiger partial charge in [0, 0.05) is 32.4 Å². The monoisotopic (exact) mass is 324 g/mol. The van der Waals surface area contributed by atoms with Crippen LogP contribution in [-0.4, -0.2) is 24.1 Å². The Kier molecular flexibility index (Phi) is 4.31. The lowest BCUT2D eigenvalue weighted by molar-refractivity contribution is 0.607. The molecule has 100 valence electrons. The van der Waals surface area contributed by atoms with Crippen molar-refractivity contribution in [3.63, 3.8) is 0 Å². The molecule has 2 aromatic rings. The summed E-state index contributed by atoms with van der Waals surface area (Å²) in [6.07, 6.45) is 1.67. The molecule has 0 spiro atoms. The van der Waals surface area contributed by atoms with Gasteiger partial charge in [0.1, 0.15) is 11.6 Å². The normalized spacial score (nSPS) is 10.3. The lowest BCUT2D eigenvalue weighted by Gasteiger charge is -2.20. The summed E-state index contributed by atoms with van der Waals surface area (Å²) < 4.78 is 14.4. The lowest BCUT2D eigenvalue weighted by atomic mass is 10.2. The first-order valence-electron chi connectivity index (χ1n) is 5.76. The Morgan fingerprint density at radius 3 is 2.79 bits per heavy atom. The predicted octanol–water partition coefficient (Wildman–Crippen LogP) is 3.06. The van der Waals surface area contributed by atoms with Crippen LogP contribution >= 0.6 is 15.9 Å². The maximum Gasteiger partial charge on any atom is 0.224 e. The molecule has 0 fully saturated rings. The quantitative estimate of drug-likeness (QED) is 0.938. The van der Waals surface area contributed by atoms with Crippen molar-refractivity contribution in [2.24, 2.45) is 0 Å². The zero-order valence-electron chi connectivity index (χ0n) is 10.7. The molecule has 0 atom stereocenters. The molecule has 4 nitrogen and oxygen atoms in total. The van der Waals surface area contributed by atoms with Crippen molar-refractivity contribution in [3.8, 4) is 0 Å². The van der Waals surface area contributed by atoms with Crippen LogP contribution in [0.1, 0.15) is 5.56 Å². The standard InChI is InChI=1S/C13H14BrFN4/c1-16-13-17-7-10(14)12(18-13)19(2)8-9-5-3-4-6-11(9)15/h3-7H,8H2,1-2H3,(H,16,17,18). The number of anilines is 2. The van der Waals surface area contributed by atoms with E-state index in [1.807, 2.05) is 18.0 Å². The van der Waals surface area contributed by atoms with Crippen LogP contribution < -0.4 is 10.2 Å². The van der Waals surface area contributed by atoms with Crippen LogP contribution in [0.2, 0.25) is 0 Å². The van der Waals surface area contributed by atoms with Gasteiger partial charge in [-0.1, -0.05) is 18.2 Å². The van der Waals surface area contributed by atoms with Crippen LogP contribution in [0.25, 0.3) is 0 Å². The summed E-state index contributed by atoms with van der Waals surface area (Å²) in [6, 6.07) is 6.72. The fourth-order valence-electron chi connectivity index (χ4n) is 1.70. The first-order valence-corrected chi connectivity index (χ1v) is 6.56. The number of benzene rings is 1. The third kappa shape index (κ3) is 3.20. The van der Waals surface area contributed by atoms with Crippen molar-refractivity contribution in [1.29, 1.82) is 0 Å². The first-order chi connectivity index (χ1) is 9.11. The van der Waals surface area contributed by atoms with Crippen molar-refractivity contribution in [1.82, 2.24) is 9.97 Å². The second kappa shape index (κ2) is 5.97. The van der Waals surface area contributed by atoms with Gasteiger partial charge in [0.05, 0.1) is 4.47 Å². The molecule has 0 aliphatic carbocycles. The zero-order chi connectivity index (χ0) is 13.8. The maximum absolute atomic E-state index is 13.6. The SMILES string of the molecule is CNc1ncc(Br)c(N(C)Cc2ccccc2F)n1. The Morgan fingerprint density at radius 2 is 2.11 bits per heavy atom. The van der Waals surface area contributed by atoms with Gasteiger partial charge in [0.15, 0.2) is 0 Å². The number of rotatable bonds is 4. The molecule has 0 aliphatic heterocycles. The lowest BCUT2D eigenvalue weighted by Crippen LogP contribution is -2.19. The average Bonchev–Trinajstić information content (AvgIpc) is 2.42. The second-order valence-corrected chi connectivity index (χ2v) is 4.92. The van der Waals surface area contributed by atoms with Crippen molar-refractivity contribution in [2.75, 3.05) is 24.3 Å². The summed E-state index contributed by atoms with van der Waals surface area (Å²) in [5.41, 5.74) is 0.626. The molecule has 0 unspecified atom stereocenters. The van der Waals surface area contributed by atoms with Gasteiger partial charge in [-0.3, -0.25) is 0 Å². The largest absolute Gasteiger partial charge is 0.357 e. The number of hydrogen-bond donors (Lipinski definition) is 1. The third-order valence-electron chi connectivity index (χ3n) is 2.68. The molecule has 0 bridgehead atoms. The summed E-state index contributed by atoms with van der Waals surface area (Å²) in [5, 5.41) is 2.88. The third-order valence-corrected chi connectivity index (χ3v) is 3.24. The van der Waals surface area contributed by atoms with Crippen molar-refractivity contribution >= 4 is 27.7 Å². The highest BCUT2D eigenvalue weighted by atomic mass is 79.9. The van der Waals surface area contributed by atoms with E-state index in [0.717, 1.165) is 4.47 Å². The van der Waals surface area contributed by atoms with E-state index in [2.05, 4.69) is 31.2 Å². The fraction of sp³-hybridized carbons (Fsp3) is 0.231. The average molecular weight is 325 g/mol. The van der Waals surface area contributed by atoms with Gasteiger partial charge < -0.3 is 10.2 Å². The van der Waals surface area contributed by atoms with Crippen LogP contribution in [0, 0.1) is 5.82 Å². The fourth-order valence-corrected chi connectivity index (χ4v) is 2.20. The molecule has 2 rings (SSSR count). The second-order valence-electron chi connectivity index (χ2n) is 4.06. The van der Waals surface area contributed by atoms with E-state index in [-0.39, 0.29) is 5.82 Å². The van der Waals surface area contributed by atoms with Gasteiger partial charge in [-0.05, 0) is 22.0 Å². The topological polar surface area (TPSA) is 41.1 Å². The van der Waals surface area contributed by atoms with E-state index < -0.39 is 0 Å². The van der Waals surface area contributed by atoms with Crippen LogP contribution in [0.15, 0.2) is 34.9 Å². The van der Waals surface area contributed by atoms with Crippen LogP contribution in [0.4, 0.5) is 16.2 Å². The molecule has 6 heteroatoms. The van der Waals surface area contributed by atoms with Gasteiger partial charge in [0.25, 0.3) is 0 Å². The Bertz CT molecular complexity index is 576. The summed E-state index contributed by atoms with van der Waals surface area (Å²) >= 11 is 3.40. The highest BCUT2D eigenvalue weighted by Crippen LogP contribution is 2.24. The van der Waals surface area contributed by atoms with E-state index >= 15 is 0 Å². The molecule has 0 radical (unpaired) electrons. The summed E-state index contributed by atoms with van der Waals surface area (Å²) in [4.78, 5) is 10.3. The molecule has 1 aromatic carbocycles. The molecular weight excluding hydrogens is 311 g/mol. The Morgan fingerprint density at radius 1 is 1.37 bits per heavy atom. The molecule has 1 N–H and O–H groups in total. The molecular formula is C13H14BrFN4. The Balaban J connectivity index is 2.25. The number of nitrogens with one attached hydrogen (secondary N) is 1. The number of halogens is 2. The molecule has 0 aliphatic rings. The van der Waals surface area contributed by atoms with Crippen molar-refractivity contribution < 1.29 is 4.39 Å². The number of hydrogen-bond acceptors (Lipinski definition) is 4. The smallest absolute Gasteiger partial charge is 0.224 e. The molecule has 0 saturated heterocycles. The van der Waals surface area contributed by atoms with Crippen molar-refractivity contribution in [2.45, 2.75) is 6.54 Å². The molecule has 0 saturated carbocycles. The summed E-state index contributed by atoms with van der Waals surface area (Å²) in [7, 11) is 3.61. The van der Waals surface area contributed by atoms with Gasteiger partial charge in [-0.2, -0.15) is 4.98 Å². The van der Waals surface area contributed by atoms with Gasteiger partial charge in [-0.25, -0.2) is 9.37 Å². The van der Waals surface area contributed by atoms with Crippen molar-refractivity contribution in [3.05, 3.63) is 46.3 Å². The number of aromatic nitrogens is 2. The minimum Gasteiger partial charge on any atom is -0.357 e. The predicted molar refractivity (Wildman–Crippen MR) is 77.8 cm³/mol. The Labute approximate surface area is 119 Å². The molecule has 0 amide bonds. The van der Waals surface area contributed by atoms with E-state index in [4.69, 9.17) is 0 Å². The van der Waals surface area contributed by atoms with Crippen LogP contribution in [-0.2, 0) is 6.54 Å². The number of nitrogens with zero attached hydrogens (tertiary/aromatic N) is 3. The van der Waals surface area contributed by atoms with E-state index in [0.29, 0.717) is 23.9 Å². The van der Waals surface area contributed by atoms with E-state index in [9.17, 15) is 4.39 Å². The zero-order valence-corrected chi connectivity index (χ0v) is 12.3. The maximum atomic E-state index is 13.6. The molecule has 1 aromatic heterocycles. The van der Waals surface area contributed by atoms with E-state index in [1.165, 1.54) is 6.07 Å².